The lowest BCUT2D eigenvalue weighted by Crippen LogP contribution is -1.94. The molecule has 4 rings (SSSR count). The van der Waals surface area contributed by atoms with Crippen LogP contribution in [0, 0.1) is 0 Å². The van der Waals surface area contributed by atoms with Gasteiger partial charge in [-0.25, -0.2) is 14.5 Å². The lowest BCUT2D eigenvalue weighted by molar-refractivity contribution is 0.0697. The Hall–Kier alpha value is -3.41. The number of nitrogens with one attached hydrogen (secondary N) is 1. The van der Waals surface area contributed by atoms with Crippen molar-refractivity contribution in [1.82, 2.24) is 19.7 Å². The summed E-state index contributed by atoms with van der Waals surface area (Å²) in [5.41, 5.74) is 3.50. The van der Waals surface area contributed by atoms with Gasteiger partial charge >= 0.3 is 5.97 Å². The Morgan fingerprint density at radius 2 is 2.04 bits per heavy atom. The van der Waals surface area contributed by atoms with Crippen LogP contribution in [0.4, 0.5) is 0 Å². The molecule has 0 aliphatic heterocycles. The molecule has 0 spiro atoms. The number of aromatic amines is 1. The van der Waals surface area contributed by atoms with E-state index in [0.717, 1.165) is 16.8 Å². The summed E-state index contributed by atoms with van der Waals surface area (Å²) in [7, 11) is 0. The first kappa shape index (κ1) is 13.3. The molecule has 2 heterocycles. The van der Waals surface area contributed by atoms with Crippen molar-refractivity contribution in [2.45, 2.75) is 0 Å². The maximum atomic E-state index is 11.1. The van der Waals surface area contributed by atoms with Crippen LogP contribution in [0.2, 0.25) is 0 Å². The zero-order valence-electron chi connectivity index (χ0n) is 12.0. The Labute approximate surface area is 131 Å². The normalized spacial score (nSPS) is 11.0. The van der Waals surface area contributed by atoms with Gasteiger partial charge in [-0.3, -0.25) is 0 Å². The number of nitrogens with zero attached hydrogens (tertiary/aromatic N) is 3. The van der Waals surface area contributed by atoms with E-state index in [1.54, 1.807) is 29.1 Å². The van der Waals surface area contributed by atoms with Crippen molar-refractivity contribution in [1.29, 1.82) is 0 Å². The largest absolute Gasteiger partial charge is 0.478 e. The number of H-pyrrole nitrogens is 1. The molecule has 2 N–H and O–H groups in total. The van der Waals surface area contributed by atoms with Crippen molar-refractivity contribution in [3.05, 3.63) is 66.5 Å². The Bertz CT molecular complexity index is 1000. The summed E-state index contributed by atoms with van der Waals surface area (Å²) < 4.78 is 1.77. The number of imidazole rings is 1. The molecule has 0 saturated heterocycles. The molecule has 6 heteroatoms. The van der Waals surface area contributed by atoms with Crippen LogP contribution in [-0.4, -0.2) is 30.8 Å². The summed E-state index contributed by atoms with van der Waals surface area (Å²) in [5, 5.41) is 13.3. The van der Waals surface area contributed by atoms with E-state index in [0.29, 0.717) is 11.3 Å². The molecule has 0 saturated carbocycles. The van der Waals surface area contributed by atoms with Gasteiger partial charge in [-0.1, -0.05) is 12.1 Å². The van der Waals surface area contributed by atoms with Crippen molar-refractivity contribution in [2.24, 2.45) is 0 Å². The number of hydrogen-bond acceptors (Lipinski definition) is 3. The third-order valence-corrected chi connectivity index (χ3v) is 3.62. The van der Waals surface area contributed by atoms with Gasteiger partial charge in [0.2, 0.25) is 0 Å². The Balaban J connectivity index is 1.80. The molecule has 0 aliphatic carbocycles. The van der Waals surface area contributed by atoms with Gasteiger partial charge in [0.05, 0.1) is 22.3 Å². The van der Waals surface area contributed by atoms with Crippen LogP contribution in [0.25, 0.3) is 28.1 Å². The monoisotopic (exact) mass is 304 g/mol. The number of benzene rings is 2. The van der Waals surface area contributed by atoms with E-state index in [4.69, 9.17) is 5.11 Å². The number of carboxylic acids is 1. The van der Waals surface area contributed by atoms with Crippen LogP contribution in [0.1, 0.15) is 10.4 Å². The molecule has 23 heavy (non-hydrogen) atoms. The molecule has 4 aromatic rings. The molecule has 0 unspecified atom stereocenters. The van der Waals surface area contributed by atoms with Crippen LogP contribution in [0.5, 0.6) is 0 Å². The second kappa shape index (κ2) is 5.10. The Morgan fingerprint density at radius 1 is 1.13 bits per heavy atom. The molecule has 6 nitrogen and oxygen atoms in total. The molecule has 112 valence electrons. The summed E-state index contributed by atoms with van der Waals surface area (Å²) in [5.74, 6) is -0.264. The number of fused-ring (bicyclic) bond motifs is 1. The third-order valence-electron chi connectivity index (χ3n) is 3.62. The second-order valence-corrected chi connectivity index (χ2v) is 5.12. The van der Waals surface area contributed by atoms with Gasteiger partial charge in [-0.05, 0) is 36.4 Å². The lowest BCUT2D eigenvalue weighted by atomic mass is 10.2. The highest BCUT2D eigenvalue weighted by Gasteiger charge is 2.09. The smallest absolute Gasteiger partial charge is 0.335 e. The summed E-state index contributed by atoms with van der Waals surface area (Å²) in [6, 6.07) is 14.5. The van der Waals surface area contributed by atoms with Crippen molar-refractivity contribution in [2.75, 3.05) is 0 Å². The molecule has 2 aromatic heterocycles. The predicted molar refractivity (Wildman–Crippen MR) is 85.6 cm³/mol. The number of rotatable bonds is 3. The first-order valence-corrected chi connectivity index (χ1v) is 7.04. The molecular weight excluding hydrogens is 292 g/mol. The zero-order chi connectivity index (χ0) is 15.8. The average Bonchev–Trinajstić information content (AvgIpc) is 3.23. The third kappa shape index (κ3) is 2.36. The summed E-state index contributed by atoms with van der Waals surface area (Å²) >= 11 is 0. The summed E-state index contributed by atoms with van der Waals surface area (Å²) in [4.78, 5) is 18.8. The molecular formula is C17H12N4O2. The van der Waals surface area contributed by atoms with E-state index in [-0.39, 0.29) is 5.56 Å². The average molecular weight is 304 g/mol. The van der Waals surface area contributed by atoms with Crippen LogP contribution >= 0.6 is 0 Å². The molecule has 0 amide bonds. The number of aromatic nitrogens is 4. The highest BCUT2D eigenvalue weighted by molar-refractivity contribution is 5.93. The van der Waals surface area contributed by atoms with Crippen molar-refractivity contribution < 1.29 is 9.90 Å². The standard InChI is InChI=1S/C17H12N4O2/c22-17(23)12-5-6-14-15(10-12)20-16(19-14)11-3-1-4-13(9-11)21-8-2-7-18-21/h1-10H,(H,19,20)(H,22,23). The van der Waals surface area contributed by atoms with E-state index >= 15 is 0 Å². The first-order chi connectivity index (χ1) is 11.2. The molecule has 0 radical (unpaired) electrons. The van der Waals surface area contributed by atoms with Crippen molar-refractivity contribution >= 4 is 17.0 Å². The quantitative estimate of drug-likeness (QED) is 0.609. The van der Waals surface area contributed by atoms with Gasteiger partial charge in [-0.15, -0.1) is 0 Å². The predicted octanol–water partition coefficient (Wildman–Crippen LogP) is 3.11. The summed E-state index contributed by atoms with van der Waals surface area (Å²) in [6.45, 7) is 0. The van der Waals surface area contributed by atoms with E-state index in [9.17, 15) is 4.79 Å². The molecule has 0 aliphatic rings. The maximum absolute atomic E-state index is 11.1. The molecule has 0 fully saturated rings. The minimum Gasteiger partial charge on any atom is -0.478 e. The minimum atomic E-state index is -0.955. The Morgan fingerprint density at radius 3 is 2.83 bits per heavy atom. The van der Waals surface area contributed by atoms with Gasteiger partial charge in [0.25, 0.3) is 0 Å². The van der Waals surface area contributed by atoms with Gasteiger partial charge in [-0.2, -0.15) is 5.10 Å². The lowest BCUT2D eigenvalue weighted by Gasteiger charge is -2.03. The van der Waals surface area contributed by atoms with Crippen molar-refractivity contribution in [3.63, 3.8) is 0 Å². The van der Waals surface area contributed by atoms with Crippen LogP contribution in [0.15, 0.2) is 60.9 Å². The highest BCUT2D eigenvalue weighted by Crippen LogP contribution is 2.23. The summed E-state index contributed by atoms with van der Waals surface area (Å²) in [6.07, 6.45) is 3.60. The number of hydrogen-bond donors (Lipinski definition) is 2. The number of carboxylic acid groups (broad SMARTS) is 1. The molecule has 0 atom stereocenters. The van der Waals surface area contributed by atoms with E-state index < -0.39 is 5.97 Å². The van der Waals surface area contributed by atoms with E-state index in [2.05, 4.69) is 15.1 Å². The van der Waals surface area contributed by atoms with Gasteiger partial charge in [0.15, 0.2) is 0 Å². The van der Waals surface area contributed by atoms with E-state index in [1.165, 1.54) is 0 Å². The topological polar surface area (TPSA) is 83.8 Å². The van der Waals surface area contributed by atoms with E-state index in [1.807, 2.05) is 36.5 Å². The second-order valence-electron chi connectivity index (χ2n) is 5.12. The molecule has 2 aromatic carbocycles. The Kier molecular flexibility index (Phi) is 2.94. The molecule has 0 bridgehead atoms. The number of carbonyl (C=O) groups is 1. The van der Waals surface area contributed by atoms with Crippen LogP contribution in [-0.2, 0) is 0 Å². The fraction of sp³-hybridized carbons (Fsp3) is 0. The minimum absolute atomic E-state index is 0.234. The van der Waals surface area contributed by atoms with Gasteiger partial charge in [0, 0.05) is 18.0 Å². The highest BCUT2D eigenvalue weighted by atomic mass is 16.4. The SMILES string of the molecule is O=C(O)c1ccc2nc(-c3cccc(-n4cccn4)c3)[nH]c2c1. The first-order valence-electron chi connectivity index (χ1n) is 7.04. The number of aromatic carboxylic acids is 1. The van der Waals surface area contributed by atoms with Crippen LogP contribution in [0.3, 0.4) is 0 Å². The van der Waals surface area contributed by atoms with Crippen molar-refractivity contribution in [3.8, 4) is 17.1 Å². The fourth-order valence-electron chi connectivity index (χ4n) is 2.50. The van der Waals surface area contributed by atoms with Gasteiger partial charge < -0.3 is 10.1 Å². The zero-order valence-corrected chi connectivity index (χ0v) is 12.0. The van der Waals surface area contributed by atoms with Gasteiger partial charge in [0.1, 0.15) is 5.82 Å². The maximum Gasteiger partial charge on any atom is 0.335 e. The van der Waals surface area contributed by atoms with Crippen LogP contribution < -0.4 is 0 Å². The fourth-order valence-corrected chi connectivity index (χ4v) is 2.50.